The molecule has 0 radical (unpaired) electrons. The highest BCUT2D eigenvalue weighted by Gasteiger charge is 2.33. The van der Waals surface area contributed by atoms with Crippen LogP contribution in [0.1, 0.15) is 49.9 Å². The average Bonchev–Trinajstić information content (AvgIpc) is 3.31. The number of para-hydroxylation sites is 3. The molecule has 0 bridgehead atoms. The van der Waals surface area contributed by atoms with Gasteiger partial charge in [0.1, 0.15) is 11.6 Å². The summed E-state index contributed by atoms with van der Waals surface area (Å²) in [7, 11) is 0. The number of aryl methyl sites for hydroxylation is 2. The van der Waals surface area contributed by atoms with Gasteiger partial charge in [-0.25, -0.2) is 4.98 Å². The molecule has 5 heteroatoms. The second-order valence-electron chi connectivity index (χ2n) is 8.17. The Morgan fingerprint density at radius 2 is 1.87 bits per heavy atom. The lowest BCUT2D eigenvalue weighted by atomic mass is 10.1. The fourth-order valence-electron chi connectivity index (χ4n) is 4.27. The number of aromatic nitrogens is 2. The molecule has 2 aromatic carbocycles. The average molecular weight is 406 g/mol. The molecular weight excluding hydrogens is 374 g/mol. The Hall–Kier alpha value is -2.82. The Bertz CT molecular complexity index is 1010. The van der Waals surface area contributed by atoms with Gasteiger partial charge in [-0.15, -0.1) is 0 Å². The van der Waals surface area contributed by atoms with Crippen LogP contribution in [0.25, 0.3) is 11.0 Å². The molecule has 1 aliphatic rings. The zero-order chi connectivity index (χ0) is 20.9. The predicted molar refractivity (Wildman–Crippen MR) is 120 cm³/mol. The zero-order valence-corrected chi connectivity index (χ0v) is 18.0. The van der Waals surface area contributed by atoms with E-state index in [9.17, 15) is 4.79 Å². The van der Waals surface area contributed by atoms with Gasteiger partial charge in [-0.2, -0.15) is 0 Å². The van der Waals surface area contributed by atoms with Crippen molar-refractivity contribution in [2.75, 3.05) is 19.7 Å². The van der Waals surface area contributed by atoms with E-state index < -0.39 is 0 Å². The molecule has 4 rings (SSSR count). The minimum atomic E-state index is 0.166. The van der Waals surface area contributed by atoms with Crippen molar-refractivity contribution in [3.8, 4) is 5.75 Å². The number of hydrogen-bond acceptors (Lipinski definition) is 3. The van der Waals surface area contributed by atoms with Crippen molar-refractivity contribution < 1.29 is 9.53 Å². The quantitative estimate of drug-likeness (QED) is 0.474. The van der Waals surface area contributed by atoms with Gasteiger partial charge in [0.05, 0.1) is 17.6 Å². The summed E-state index contributed by atoms with van der Waals surface area (Å²) >= 11 is 0. The van der Waals surface area contributed by atoms with Gasteiger partial charge in [-0.05, 0) is 43.5 Å². The smallest absolute Gasteiger partial charge is 0.223 e. The molecule has 1 fully saturated rings. The number of rotatable bonds is 9. The molecule has 1 aromatic heterocycles. The van der Waals surface area contributed by atoms with Crippen LogP contribution in [0.3, 0.4) is 0 Å². The van der Waals surface area contributed by atoms with Gasteiger partial charge in [0.15, 0.2) is 0 Å². The molecular formula is C25H31N3O2. The van der Waals surface area contributed by atoms with Crippen molar-refractivity contribution in [2.24, 2.45) is 0 Å². The summed E-state index contributed by atoms with van der Waals surface area (Å²) in [6.07, 6.45) is 3.62. The second-order valence-corrected chi connectivity index (χ2v) is 8.17. The first-order valence-electron chi connectivity index (χ1n) is 11.1. The van der Waals surface area contributed by atoms with Crippen molar-refractivity contribution in [2.45, 2.75) is 52.0 Å². The molecule has 1 atom stereocenters. The summed E-state index contributed by atoms with van der Waals surface area (Å²) in [6, 6.07) is 16.4. The normalized spacial score (nSPS) is 16.5. The molecule has 0 spiro atoms. The highest BCUT2D eigenvalue weighted by Crippen LogP contribution is 2.31. The van der Waals surface area contributed by atoms with Gasteiger partial charge in [0, 0.05) is 32.0 Å². The first-order chi connectivity index (χ1) is 14.7. The first-order valence-corrected chi connectivity index (χ1v) is 11.1. The topological polar surface area (TPSA) is 47.4 Å². The SMILES string of the molecule is CCCCN1C[C@H](c2nc3ccccc3n2CCCOc2ccccc2C)CC1=O. The third-order valence-electron chi connectivity index (χ3n) is 5.92. The number of fused-ring (bicyclic) bond motifs is 1. The molecule has 0 saturated carbocycles. The Morgan fingerprint density at radius 3 is 2.70 bits per heavy atom. The van der Waals surface area contributed by atoms with Gasteiger partial charge in [0.2, 0.25) is 5.91 Å². The lowest BCUT2D eigenvalue weighted by Crippen LogP contribution is -2.26. The van der Waals surface area contributed by atoms with E-state index in [1.165, 1.54) is 0 Å². The summed E-state index contributed by atoms with van der Waals surface area (Å²) in [6.45, 7) is 7.36. The second kappa shape index (κ2) is 9.33. The number of nitrogens with zero attached hydrogens (tertiary/aromatic N) is 3. The third-order valence-corrected chi connectivity index (χ3v) is 5.92. The molecule has 0 N–H and O–H groups in total. The summed E-state index contributed by atoms with van der Waals surface area (Å²) < 4.78 is 8.30. The molecule has 158 valence electrons. The van der Waals surface area contributed by atoms with Crippen LogP contribution >= 0.6 is 0 Å². The number of likely N-dealkylation sites (tertiary alicyclic amines) is 1. The zero-order valence-electron chi connectivity index (χ0n) is 18.0. The van der Waals surface area contributed by atoms with Crippen LogP contribution < -0.4 is 4.74 Å². The number of ether oxygens (including phenoxy) is 1. The molecule has 0 unspecified atom stereocenters. The fraction of sp³-hybridized carbons (Fsp3) is 0.440. The van der Waals surface area contributed by atoms with E-state index in [4.69, 9.17) is 9.72 Å². The Morgan fingerprint density at radius 1 is 1.07 bits per heavy atom. The highest BCUT2D eigenvalue weighted by molar-refractivity contribution is 5.80. The molecule has 1 saturated heterocycles. The van der Waals surface area contributed by atoms with Crippen molar-refractivity contribution in [1.82, 2.24) is 14.5 Å². The number of carbonyl (C=O) groups excluding carboxylic acids is 1. The fourth-order valence-corrected chi connectivity index (χ4v) is 4.27. The van der Waals surface area contributed by atoms with Crippen molar-refractivity contribution in [3.63, 3.8) is 0 Å². The Kier molecular flexibility index (Phi) is 6.36. The molecule has 1 amide bonds. The lowest BCUT2D eigenvalue weighted by Gasteiger charge is -2.17. The van der Waals surface area contributed by atoms with Gasteiger partial charge in [0.25, 0.3) is 0 Å². The maximum absolute atomic E-state index is 12.5. The minimum Gasteiger partial charge on any atom is -0.493 e. The van der Waals surface area contributed by atoms with E-state index in [1.807, 2.05) is 29.2 Å². The standard InChI is InChI=1S/C25H31N3O2/c1-3-4-14-27-18-20(17-24(27)29)25-26-21-11-6-7-12-22(21)28(25)15-9-16-30-23-13-8-5-10-19(23)2/h5-8,10-13,20H,3-4,9,14-18H2,1-2H3/t20-/m1/s1. The molecule has 30 heavy (non-hydrogen) atoms. The van der Waals surface area contributed by atoms with Crippen molar-refractivity contribution in [1.29, 1.82) is 0 Å². The molecule has 2 heterocycles. The number of imidazole rings is 1. The van der Waals surface area contributed by atoms with Gasteiger partial charge >= 0.3 is 0 Å². The first kappa shape index (κ1) is 20.5. The third kappa shape index (κ3) is 4.35. The summed E-state index contributed by atoms with van der Waals surface area (Å²) in [5.74, 6) is 2.41. The van der Waals surface area contributed by atoms with Crippen molar-refractivity contribution >= 4 is 16.9 Å². The van der Waals surface area contributed by atoms with Crippen LogP contribution in [0.2, 0.25) is 0 Å². The largest absolute Gasteiger partial charge is 0.493 e. The monoisotopic (exact) mass is 405 g/mol. The van der Waals surface area contributed by atoms with Gasteiger partial charge in [-0.3, -0.25) is 4.79 Å². The summed E-state index contributed by atoms with van der Waals surface area (Å²) in [5.41, 5.74) is 3.30. The number of unbranched alkanes of at least 4 members (excludes halogenated alkanes) is 1. The van der Waals surface area contributed by atoms with Crippen LogP contribution in [0.5, 0.6) is 5.75 Å². The Balaban J connectivity index is 1.48. The number of amides is 1. The van der Waals surface area contributed by atoms with E-state index in [-0.39, 0.29) is 11.8 Å². The lowest BCUT2D eigenvalue weighted by molar-refractivity contribution is -0.127. The van der Waals surface area contributed by atoms with E-state index in [0.717, 1.165) is 67.1 Å². The molecule has 1 aliphatic heterocycles. The van der Waals surface area contributed by atoms with Crippen LogP contribution in [0.15, 0.2) is 48.5 Å². The van der Waals surface area contributed by atoms with Crippen LogP contribution in [0, 0.1) is 6.92 Å². The van der Waals surface area contributed by atoms with Crippen LogP contribution in [-0.4, -0.2) is 40.1 Å². The highest BCUT2D eigenvalue weighted by atomic mass is 16.5. The van der Waals surface area contributed by atoms with Gasteiger partial charge in [-0.1, -0.05) is 43.7 Å². The number of benzene rings is 2. The van der Waals surface area contributed by atoms with Crippen LogP contribution in [-0.2, 0) is 11.3 Å². The maximum atomic E-state index is 12.5. The van der Waals surface area contributed by atoms with Crippen LogP contribution in [0.4, 0.5) is 0 Å². The van der Waals surface area contributed by atoms with E-state index in [0.29, 0.717) is 13.0 Å². The summed E-state index contributed by atoms with van der Waals surface area (Å²) in [4.78, 5) is 19.5. The maximum Gasteiger partial charge on any atom is 0.223 e. The van der Waals surface area contributed by atoms with Crippen molar-refractivity contribution in [3.05, 3.63) is 59.9 Å². The van der Waals surface area contributed by atoms with E-state index in [2.05, 4.69) is 42.7 Å². The minimum absolute atomic E-state index is 0.166. The van der Waals surface area contributed by atoms with Gasteiger partial charge < -0.3 is 14.2 Å². The molecule has 0 aliphatic carbocycles. The molecule has 3 aromatic rings. The number of carbonyl (C=O) groups is 1. The predicted octanol–water partition coefficient (Wildman–Crippen LogP) is 4.93. The summed E-state index contributed by atoms with van der Waals surface area (Å²) in [5, 5.41) is 0. The Labute approximate surface area is 178 Å². The molecule has 5 nitrogen and oxygen atoms in total. The number of hydrogen-bond donors (Lipinski definition) is 0. The van der Waals surface area contributed by atoms with E-state index in [1.54, 1.807) is 0 Å². The van der Waals surface area contributed by atoms with E-state index >= 15 is 0 Å².